The number of hydrogen-bond donors (Lipinski definition) is 1. The van der Waals surface area contributed by atoms with Crippen LogP contribution in [0.5, 0.6) is 5.75 Å². The molecule has 0 aliphatic heterocycles. The van der Waals surface area contributed by atoms with Gasteiger partial charge < -0.3 is 10.1 Å². The number of ether oxygens (including phenoxy) is 1. The van der Waals surface area contributed by atoms with Gasteiger partial charge >= 0.3 is 0 Å². The lowest BCUT2D eigenvalue weighted by Gasteiger charge is -2.07. The van der Waals surface area contributed by atoms with Crippen LogP contribution in [0.15, 0.2) is 42.6 Å². The van der Waals surface area contributed by atoms with Crippen LogP contribution >= 0.6 is 0 Å². The quantitative estimate of drug-likeness (QED) is 0.822. The summed E-state index contributed by atoms with van der Waals surface area (Å²) in [4.78, 5) is 3.58. The molecule has 0 spiro atoms. The smallest absolute Gasteiger partial charge is 0.212 e. The van der Waals surface area contributed by atoms with Crippen LogP contribution < -0.4 is 10.1 Å². The van der Waals surface area contributed by atoms with E-state index in [2.05, 4.69) is 10.3 Å². The zero-order chi connectivity index (χ0) is 12.8. The van der Waals surface area contributed by atoms with E-state index in [1.54, 1.807) is 6.07 Å². The first-order valence-electron chi connectivity index (χ1n) is 5.85. The van der Waals surface area contributed by atoms with Gasteiger partial charge in [0.15, 0.2) is 0 Å². The summed E-state index contributed by atoms with van der Waals surface area (Å²) in [6, 6.07) is 10.9. The molecule has 1 N–H and O–H groups in total. The van der Waals surface area contributed by atoms with Crippen molar-refractivity contribution in [3.05, 3.63) is 54.1 Å². The van der Waals surface area contributed by atoms with Gasteiger partial charge in [-0.2, -0.15) is 4.39 Å². The van der Waals surface area contributed by atoms with Crippen molar-refractivity contribution in [3.63, 3.8) is 0 Å². The van der Waals surface area contributed by atoms with E-state index in [0.717, 1.165) is 17.0 Å². The molecular weight excluding hydrogens is 231 g/mol. The number of nitrogens with zero attached hydrogens (tertiary/aromatic N) is 1. The topological polar surface area (TPSA) is 34.1 Å². The maximum atomic E-state index is 12.6. The van der Waals surface area contributed by atoms with E-state index in [-0.39, 0.29) is 0 Å². The highest BCUT2D eigenvalue weighted by Gasteiger charge is 1.97. The standard InChI is InChI=1S/C14H15FN2O/c1-2-18-13-6-3-11(4-7-13)9-16-12-5-8-14(15)17-10-12/h3-8,10,16H,2,9H2,1H3. The molecule has 94 valence electrons. The van der Waals surface area contributed by atoms with Gasteiger partial charge in [-0.05, 0) is 36.8 Å². The van der Waals surface area contributed by atoms with Gasteiger partial charge in [0, 0.05) is 6.54 Å². The minimum Gasteiger partial charge on any atom is -0.494 e. The number of nitrogens with one attached hydrogen (secondary N) is 1. The molecule has 0 aliphatic rings. The van der Waals surface area contributed by atoms with Crippen molar-refractivity contribution < 1.29 is 9.13 Å². The number of rotatable bonds is 5. The number of halogens is 1. The molecule has 0 radical (unpaired) electrons. The molecule has 0 saturated carbocycles. The normalized spacial score (nSPS) is 10.1. The van der Waals surface area contributed by atoms with Gasteiger partial charge in [0.25, 0.3) is 0 Å². The van der Waals surface area contributed by atoms with Crippen molar-refractivity contribution in [3.8, 4) is 5.75 Å². The summed E-state index contributed by atoms with van der Waals surface area (Å²) < 4.78 is 18.0. The van der Waals surface area contributed by atoms with Gasteiger partial charge in [0.05, 0.1) is 18.5 Å². The zero-order valence-electron chi connectivity index (χ0n) is 10.2. The van der Waals surface area contributed by atoms with Crippen LogP contribution in [0.2, 0.25) is 0 Å². The molecule has 0 fully saturated rings. The molecule has 0 amide bonds. The Labute approximate surface area is 106 Å². The molecule has 0 bridgehead atoms. The minimum atomic E-state index is -0.471. The van der Waals surface area contributed by atoms with E-state index in [4.69, 9.17) is 4.74 Å². The lowest BCUT2D eigenvalue weighted by Crippen LogP contribution is -2.00. The molecule has 1 heterocycles. The monoisotopic (exact) mass is 246 g/mol. The Balaban J connectivity index is 1.91. The van der Waals surface area contributed by atoms with Crippen LogP contribution in [0.1, 0.15) is 12.5 Å². The molecule has 0 unspecified atom stereocenters. The number of pyridine rings is 1. The highest BCUT2D eigenvalue weighted by molar-refractivity contribution is 5.41. The predicted molar refractivity (Wildman–Crippen MR) is 69.1 cm³/mol. The molecule has 4 heteroatoms. The summed E-state index contributed by atoms with van der Waals surface area (Å²) in [5, 5.41) is 3.17. The molecule has 1 aromatic heterocycles. The van der Waals surface area contributed by atoms with E-state index in [1.807, 2.05) is 31.2 Å². The predicted octanol–water partition coefficient (Wildman–Crippen LogP) is 3.23. The summed E-state index contributed by atoms with van der Waals surface area (Å²) in [5.41, 5.74) is 1.92. The number of anilines is 1. The Hall–Kier alpha value is -2.10. The number of hydrogen-bond acceptors (Lipinski definition) is 3. The lowest BCUT2D eigenvalue weighted by molar-refractivity contribution is 0.340. The summed E-state index contributed by atoms with van der Waals surface area (Å²) in [6.45, 7) is 3.29. The third-order valence-corrected chi connectivity index (χ3v) is 2.46. The zero-order valence-corrected chi connectivity index (χ0v) is 10.2. The Bertz CT molecular complexity index is 482. The van der Waals surface area contributed by atoms with E-state index >= 15 is 0 Å². The van der Waals surface area contributed by atoms with Gasteiger partial charge in [-0.15, -0.1) is 0 Å². The van der Waals surface area contributed by atoms with Crippen LogP contribution in [-0.2, 0) is 6.54 Å². The Kier molecular flexibility index (Phi) is 4.12. The summed E-state index contributed by atoms with van der Waals surface area (Å²) >= 11 is 0. The van der Waals surface area contributed by atoms with Gasteiger partial charge in [-0.3, -0.25) is 0 Å². The highest BCUT2D eigenvalue weighted by atomic mass is 19.1. The molecule has 18 heavy (non-hydrogen) atoms. The fourth-order valence-electron chi connectivity index (χ4n) is 1.55. The summed E-state index contributed by atoms with van der Waals surface area (Å²) in [5.74, 6) is 0.395. The molecule has 0 atom stereocenters. The molecule has 2 rings (SSSR count). The van der Waals surface area contributed by atoms with Crippen molar-refractivity contribution in [1.82, 2.24) is 4.98 Å². The van der Waals surface area contributed by atoms with Crippen LogP contribution in [0, 0.1) is 5.95 Å². The average Bonchev–Trinajstić information content (AvgIpc) is 2.40. The van der Waals surface area contributed by atoms with Crippen molar-refractivity contribution in [1.29, 1.82) is 0 Å². The van der Waals surface area contributed by atoms with Gasteiger partial charge in [-0.1, -0.05) is 12.1 Å². The summed E-state index contributed by atoms with van der Waals surface area (Å²) in [7, 11) is 0. The van der Waals surface area contributed by atoms with Gasteiger partial charge in [-0.25, -0.2) is 4.98 Å². The number of benzene rings is 1. The van der Waals surface area contributed by atoms with Crippen molar-refractivity contribution in [2.24, 2.45) is 0 Å². The minimum absolute atomic E-state index is 0.471. The molecule has 3 nitrogen and oxygen atoms in total. The van der Waals surface area contributed by atoms with Crippen LogP contribution in [0.3, 0.4) is 0 Å². The fraction of sp³-hybridized carbons (Fsp3) is 0.214. The summed E-state index contributed by atoms with van der Waals surface area (Å²) in [6.07, 6.45) is 1.48. The average molecular weight is 246 g/mol. The third-order valence-electron chi connectivity index (χ3n) is 2.46. The molecule has 0 aliphatic carbocycles. The van der Waals surface area contributed by atoms with Gasteiger partial charge in [0.2, 0.25) is 5.95 Å². The van der Waals surface area contributed by atoms with Crippen molar-refractivity contribution in [2.75, 3.05) is 11.9 Å². The van der Waals surface area contributed by atoms with E-state index in [1.165, 1.54) is 12.3 Å². The SMILES string of the molecule is CCOc1ccc(CNc2ccc(F)nc2)cc1. The lowest BCUT2D eigenvalue weighted by atomic mass is 10.2. The Morgan fingerprint density at radius 3 is 2.56 bits per heavy atom. The number of aromatic nitrogens is 1. The third kappa shape index (κ3) is 3.45. The Morgan fingerprint density at radius 2 is 1.94 bits per heavy atom. The Morgan fingerprint density at radius 1 is 1.17 bits per heavy atom. The van der Waals surface area contributed by atoms with Crippen LogP contribution in [0.4, 0.5) is 10.1 Å². The van der Waals surface area contributed by atoms with Crippen molar-refractivity contribution >= 4 is 5.69 Å². The first-order chi connectivity index (χ1) is 8.78. The largest absolute Gasteiger partial charge is 0.494 e. The maximum absolute atomic E-state index is 12.6. The fourth-order valence-corrected chi connectivity index (χ4v) is 1.55. The second-order valence-corrected chi connectivity index (χ2v) is 3.80. The highest BCUT2D eigenvalue weighted by Crippen LogP contribution is 2.13. The van der Waals surface area contributed by atoms with Crippen molar-refractivity contribution in [2.45, 2.75) is 13.5 Å². The molecule has 2 aromatic rings. The van der Waals surface area contributed by atoms with Crippen LogP contribution in [0.25, 0.3) is 0 Å². The van der Waals surface area contributed by atoms with E-state index in [0.29, 0.717) is 13.2 Å². The molecular formula is C14H15FN2O. The first kappa shape index (κ1) is 12.4. The molecule has 1 aromatic carbocycles. The maximum Gasteiger partial charge on any atom is 0.212 e. The van der Waals surface area contributed by atoms with Crippen LogP contribution in [-0.4, -0.2) is 11.6 Å². The first-order valence-corrected chi connectivity index (χ1v) is 5.85. The van der Waals surface area contributed by atoms with E-state index < -0.39 is 5.95 Å². The van der Waals surface area contributed by atoms with Gasteiger partial charge in [0.1, 0.15) is 5.75 Å². The second-order valence-electron chi connectivity index (χ2n) is 3.80. The van der Waals surface area contributed by atoms with E-state index in [9.17, 15) is 4.39 Å². The second kappa shape index (κ2) is 6.00. The molecule has 0 saturated heterocycles.